The topological polar surface area (TPSA) is 60.3 Å². The molecular weight excluding hydrogens is 312 g/mol. The molecule has 0 N–H and O–H groups in total. The summed E-state index contributed by atoms with van der Waals surface area (Å²) in [7, 11) is 1.83. The lowest BCUT2D eigenvalue weighted by Gasteiger charge is -2.17. The lowest BCUT2D eigenvalue weighted by molar-refractivity contribution is 0.0778. The van der Waals surface area contributed by atoms with Crippen molar-refractivity contribution in [1.29, 1.82) is 0 Å². The van der Waals surface area contributed by atoms with E-state index in [1.807, 2.05) is 39.4 Å². The van der Waals surface area contributed by atoms with Crippen molar-refractivity contribution in [2.75, 3.05) is 26.8 Å². The van der Waals surface area contributed by atoms with Crippen molar-refractivity contribution < 1.29 is 9.53 Å². The fourth-order valence-electron chi connectivity index (χ4n) is 2.32. The summed E-state index contributed by atoms with van der Waals surface area (Å²) in [5.74, 6) is -0.00994. The van der Waals surface area contributed by atoms with Gasteiger partial charge in [0.15, 0.2) is 0 Å². The predicted octanol–water partition coefficient (Wildman–Crippen LogP) is 2.31. The number of carbonyl (C=O) groups is 1. The van der Waals surface area contributed by atoms with Gasteiger partial charge >= 0.3 is 0 Å². The van der Waals surface area contributed by atoms with Crippen LogP contribution >= 0.6 is 11.3 Å². The molecule has 0 unspecified atom stereocenters. The maximum Gasteiger partial charge on any atom is 0.271 e. The monoisotopic (exact) mass is 336 g/mol. The number of ether oxygens (including phenoxy) is 1. The zero-order valence-corrected chi connectivity index (χ0v) is 15.0. The third-order valence-electron chi connectivity index (χ3n) is 3.64. The van der Waals surface area contributed by atoms with E-state index in [4.69, 9.17) is 4.74 Å². The van der Waals surface area contributed by atoms with Gasteiger partial charge in [0.2, 0.25) is 0 Å². The van der Waals surface area contributed by atoms with Gasteiger partial charge < -0.3 is 9.64 Å². The molecule has 0 saturated heterocycles. The van der Waals surface area contributed by atoms with E-state index < -0.39 is 0 Å². The van der Waals surface area contributed by atoms with Gasteiger partial charge in [0.25, 0.3) is 5.91 Å². The molecule has 2 rings (SSSR count). The van der Waals surface area contributed by atoms with Crippen molar-refractivity contribution in [3.8, 4) is 0 Å². The number of carbonyl (C=O) groups excluding carboxylic acids is 1. The van der Waals surface area contributed by atoms with Gasteiger partial charge in [-0.2, -0.15) is 5.10 Å². The predicted molar refractivity (Wildman–Crippen MR) is 91.0 cm³/mol. The maximum absolute atomic E-state index is 12.7. The van der Waals surface area contributed by atoms with Crippen molar-refractivity contribution in [1.82, 2.24) is 19.7 Å². The van der Waals surface area contributed by atoms with Crippen LogP contribution in [0.1, 0.15) is 33.7 Å². The van der Waals surface area contributed by atoms with Crippen molar-refractivity contribution in [3.63, 3.8) is 0 Å². The molecule has 0 bridgehead atoms. The molecule has 0 saturated carbocycles. The maximum atomic E-state index is 12.7. The number of nitrogens with zero attached hydrogens (tertiary/aromatic N) is 4. The minimum Gasteiger partial charge on any atom is -0.380 e. The average Bonchev–Trinajstić information content (AvgIpc) is 3.10. The molecule has 0 aliphatic heterocycles. The summed E-state index contributed by atoms with van der Waals surface area (Å²) in [6, 6.07) is 1.84. The number of aryl methyl sites for hydroxylation is 2. The molecular formula is C16H24N4O2S. The second-order valence-electron chi connectivity index (χ2n) is 5.43. The summed E-state index contributed by atoms with van der Waals surface area (Å²) >= 11 is 1.64. The molecule has 0 atom stereocenters. The normalized spacial score (nSPS) is 11.0. The Kier molecular flexibility index (Phi) is 6.29. The minimum absolute atomic E-state index is 0.00994. The smallest absolute Gasteiger partial charge is 0.271 e. The fraction of sp³-hybridized carbons (Fsp3) is 0.562. The van der Waals surface area contributed by atoms with Crippen LogP contribution in [0.4, 0.5) is 0 Å². The number of aromatic nitrogens is 3. The van der Waals surface area contributed by atoms with Gasteiger partial charge in [-0.15, -0.1) is 11.3 Å². The Morgan fingerprint density at radius 1 is 1.43 bits per heavy atom. The van der Waals surface area contributed by atoms with Crippen LogP contribution in [0.25, 0.3) is 0 Å². The highest BCUT2D eigenvalue weighted by molar-refractivity contribution is 7.09. The Morgan fingerprint density at radius 2 is 2.22 bits per heavy atom. The molecule has 7 heteroatoms. The highest BCUT2D eigenvalue weighted by atomic mass is 32.1. The highest BCUT2D eigenvalue weighted by Gasteiger charge is 2.18. The lowest BCUT2D eigenvalue weighted by Crippen LogP contribution is -2.31. The van der Waals surface area contributed by atoms with E-state index in [0.717, 1.165) is 17.8 Å². The summed E-state index contributed by atoms with van der Waals surface area (Å²) in [5.41, 5.74) is 4.36. The first-order chi connectivity index (χ1) is 11.0. The van der Waals surface area contributed by atoms with Crippen LogP contribution in [0.15, 0.2) is 11.6 Å². The van der Waals surface area contributed by atoms with E-state index in [1.54, 1.807) is 20.9 Å². The van der Waals surface area contributed by atoms with Crippen molar-refractivity contribution in [2.45, 2.75) is 33.7 Å². The van der Waals surface area contributed by atoms with Crippen LogP contribution in [0.2, 0.25) is 0 Å². The van der Waals surface area contributed by atoms with Crippen LogP contribution < -0.4 is 0 Å². The molecule has 0 radical (unpaired) electrons. The molecule has 0 aliphatic rings. The average molecular weight is 336 g/mol. The number of amides is 1. The first-order valence-corrected chi connectivity index (χ1v) is 8.67. The van der Waals surface area contributed by atoms with E-state index in [-0.39, 0.29) is 5.91 Å². The Labute approximate surface area is 141 Å². The van der Waals surface area contributed by atoms with Crippen molar-refractivity contribution in [3.05, 3.63) is 33.5 Å². The number of thiazole rings is 1. The minimum atomic E-state index is -0.00994. The van der Waals surface area contributed by atoms with E-state index in [9.17, 15) is 4.79 Å². The van der Waals surface area contributed by atoms with Crippen LogP contribution in [-0.4, -0.2) is 52.4 Å². The Balaban J connectivity index is 1.99. The molecule has 126 valence electrons. The van der Waals surface area contributed by atoms with Gasteiger partial charge in [0.05, 0.1) is 30.1 Å². The largest absolute Gasteiger partial charge is 0.380 e. The summed E-state index contributed by atoms with van der Waals surface area (Å²) in [6.45, 7) is 8.32. The highest BCUT2D eigenvalue weighted by Crippen LogP contribution is 2.14. The molecule has 2 aromatic rings. The first kappa shape index (κ1) is 17.6. The van der Waals surface area contributed by atoms with Gasteiger partial charge in [0.1, 0.15) is 5.69 Å². The quantitative estimate of drug-likeness (QED) is 0.694. The van der Waals surface area contributed by atoms with Crippen LogP contribution in [0, 0.1) is 13.8 Å². The Hall–Kier alpha value is -1.73. The zero-order chi connectivity index (χ0) is 16.8. The third kappa shape index (κ3) is 4.62. The fourth-order valence-corrected chi connectivity index (χ4v) is 3.09. The Bertz CT molecular complexity index is 650. The van der Waals surface area contributed by atoms with Gasteiger partial charge in [-0.3, -0.25) is 9.48 Å². The van der Waals surface area contributed by atoms with E-state index in [1.165, 1.54) is 4.88 Å². The summed E-state index contributed by atoms with van der Waals surface area (Å²) in [5, 5.41) is 4.39. The molecule has 0 aromatic carbocycles. The second kappa shape index (κ2) is 8.21. The molecule has 23 heavy (non-hydrogen) atoms. The van der Waals surface area contributed by atoms with Crippen LogP contribution in [0.3, 0.4) is 0 Å². The lowest BCUT2D eigenvalue weighted by atomic mass is 10.2. The number of hydrogen-bond donors (Lipinski definition) is 0. The van der Waals surface area contributed by atoms with Crippen LogP contribution in [-0.2, 0) is 17.7 Å². The van der Waals surface area contributed by atoms with Crippen LogP contribution in [0.5, 0.6) is 0 Å². The molecule has 0 spiro atoms. The molecule has 0 fully saturated rings. The molecule has 2 heterocycles. The molecule has 0 aliphatic carbocycles. The van der Waals surface area contributed by atoms with Crippen molar-refractivity contribution >= 4 is 17.2 Å². The second-order valence-corrected chi connectivity index (χ2v) is 6.37. The number of hydrogen-bond acceptors (Lipinski definition) is 5. The Morgan fingerprint density at radius 3 is 2.87 bits per heavy atom. The van der Waals surface area contributed by atoms with Gasteiger partial charge in [0, 0.05) is 31.5 Å². The van der Waals surface area contributed by atoms with E-state index >= 15 is 0 Å². The van der Waals surface area contributed by atoms with Gasteiger partial charge in [-0.25, -0.2) is 4.98 Å². The molecule has 1 amide bonds. The summed E-state index contributed by atoms with van der Waals surface area (Å²) in [4.78, 5) is 19.9. The number of likely N-dealkylation sites (N-methyl/N-ethyl adjacent to an activating group) is 1. The summed E-state index contributed by atoms with van der Waals surface area (Å²) < 4.78 is 7.10. The molecule has 6 nitrogen and oxygen atoms in total. The SMILES string of the molecule is CCOCCn1nc(C)cc1C(=O)N(C)CCc1scnc1C. The van der Waals surface area contributed by atoms with E-state index in [2.05, 4.69) is 10.1 Å². The van der Waals surface area contributed by atoms with Gasteiger partial charge in [-0.05, 0) is 26.8 Å². The van der Waals surface area contributed by atoms with E-state index in [0.29, 0.717) is 32.0 Å². The first-order valence-electron chi connectivity index (χ1n) is 7.79. The third-order valence-corrected chi connectivity index (χ3v) is 4.63. The summed E-state index contributed by atoms with van der Waals surface area (Å²) in [6.07, 6.45) is 0.824. The van der Waals surface area contributed by atoms with Gasteiger partial charge in [-0.1, -0.05) is 0 Å². The van der Waals surface area contributed by atoms with Crippen molar-refractivity contribution in [2.24, 2.45) is 0 Å². The standard InChI is InChI=1S/C16H24N4O2S/c1-5-22-9-8-20-14(10-12(2)18-20)16(21)19(4)7-6-15-13(3)17-11-23-15/h10-11H,5-9H2,1-4H3. The molecule has 2 aromatic heterocycles. The number of rotatable bonds is 8. The zero-order valence-electron chi connectivity index (χ0n) is 14.2.